The fraction of sp³-hybridized carbons (Fsp3) is 0.500. The summed E-state index contributed by atoms with van der Waals surface area (Å²) in [7, 11) is 1.48. The van der Waals surface area contributed by atoms with Crippen molar-refractivity contribution in [2.45, 2.75) is 12.5 Å². The Kier molecular flexibility index (Phi) is 8.19. The number of nitrogens with one attached hydrogen (secondary N) is 1. The van der Waals surface area contributed by atoms with Crippen molar-refractivity contribution < 1.29 is 9.53 Å². The molecule has 0 bridgehead atoms. The molecule has 0 radical (unpaired) electrons. The first kappa shape index (κ1) is 15.4. The van der Waals surface area contributed by atoms with Gasteiger partial charge in [-0.05, 0) is 28.8 Å². The average Bonchev–Trinajstić information content (AvgIpc) is 2.72. The van der Waals surface area contributed by atoms with Gasteiger partial charge in [-0.15, -0.1) is 12.4 Å². The number of ether oxygens (including phenoxy) is 1. The zero-order chi connectivity index (χ0) is 11.1. The maximum absolute atomic E-state index is 11.4. The van der Waals surface area contributed by atoms with Gasteiger partial charge < -0.3 is 15.8 Å². The smallest absolute Gasteiger partial charge is 0.250 e. The van der Waals surface area contributed by atoms with E-state index in [9.17, 15) is 4.79 Å². The van der Waals surface area contributed by atoms with Gasteiger partial charge in [-0.1, -0.05) is 0 Å². The maximum atomic E-state index is 11.4. The fourth-order valence-corrected chi connectivity index (χ4v) is 1.89. The zero-order valence-electron chi connectivity index (χ0n) is 9.14. The monoisotopic (exact) mass is 264 g/mol. The lowest BCUT2D eigenvalue weighted by Crippen LogP contribution is -2.41. The number of halogens is 1. The maximum Gasteiger partial charge on any atom is 0.250 e. The van der Waals surface area contributed by atoms with E-state index in [0.717, 1.165) is 6.42 Å². The highest BCUT2D eigenvalue weighted by molar-refractivity contribution is 7.07. The van der Waals surface area contributed by atoms with Crippen LogP contribution in [0.25, 0.3) is 0 Å². The van der Waals surface area contributed by atoms with E-state index in [-0.39, 0.29) is 24.9 Å². The Hall–Kier alpha value is -0.620. The van der Waals surface area contributed by atoms with Crippen molar-refractivity contribution >= 4 is 29.7 Å². The molecule has 1 amide bonds. The molecule has 0 saturated heterocycles. The standard InChI is InChI=1S/C10H16N2O2S.ClH/c1-14-9(6-11)10(13)12-4-2-8-3-5-15-7-8;/h3,5,7,9H,2,4,6,11H2,1H3,(H,12,13);1H. The third-order valence-electron chi connectivity index (χ3n) is 2.08. The van der Waals surface area contributed by atoms with Crippen molar-refractivity contribution in [1.29, 1.82) is 0 Å². The SMILES string of the molecule is COC(CN)C(=O)NCCc1ccsc1.Cl. The molecule has 0 aromatic carbocycles. The fourth-order valence-electron chi connectivity index (χ4n) is 1.19. The number of methoxy groups -OCH3 is 1. The van der Waals surface area contributed by atoms with Crippen LogP contribution in [0.5, 0.6) is 0 Å². The van der Waals surface area contributed by atoms with Crippen LogP contribution in [0.4, 0.5) is 0 Å². The van der Waals surface area contributed by atoms with Crippen LogP contribution >= 0.6 is 23.7 Å². The number of amides is 1. The van der Waals surface area contributed by atoms with E-state index in [1.54, 1.807) is 11.3 Å². The van der Waals surface area contributed by atoms with Crippen molar-refractivity contribution in [3.05, 3.63) is 22.4 Å². The van der Waals surface area contributed by atoms with Gasteiger partial charge in [-0.2, -0.15) is 11.3 Å². The van der Waals surface area contributed by atoms with Crippen LogP contribution in [-0.2, 0) is 16.0 Å². The number of nitrogens with two attached hydrogens (primary N) is 1. The number of thiophene rings is 1. The Balaban J connectivity index is 0.00000225. The zero-order valence-corrected chi connectivity index (χ0v) is 10.8. The predicted octanol–water partition coefficient (Wildman–Crippen LogP) is 0.802. The minimum Gasteiger partial charge on any atom is -0.370 e. The summed E-state index contributed by atoms with van der Waals surface area (Å²) in [5, 5.41) is 6.88. The molecule has 0 aliphatic carbocycles. The molecule has 0 spiro atoms. The van der Waals surface area contributed by atoms with Crippen LogP contribution in [0.15, 0.2) is 16.8 Å². The summed E-state index contributed by atoms with van der Waals surface area (Å²) in [5.74, 6) is -0.143. The van der Waals surface area contributed by atoms with E-state index >= 15 is 0 Å². The Morgan fingerprint density at radius 2 is 2.44 bits per heavy atom. The molecule has 16 heavy (non-hydrogen) atoms. The van der Waals surface area contributed by atoms with Gasteiger partial charge in [0, 0.05) is 20.2 Å². The van der Waals surface area contributed by atoms with E-state index < -0.39 is 6.10 Å². The lowest BCUT2D eigenvalue weighted by molar-refractivity contribution is -0.130. The van der Waals surface area contributed by atoms with Crippen LogP contribution in [0, 0.1) is 0 Å². The first-order chi connectivity index (χ1) is 7.27. The Morgan fingerprint density at radius 3 is 2.94 bits per heavy atom. The van der Waals surface area contributed by atoms with E-state index in [1.807, 2.05) is 11.4 Å². The molecule has 1 aromatic rings. The van der Waals surface area contributed by atoms with Crippen molar-refractivity contribution in [1.82, 2.24) is 5.32 Å². The van der Waals surface area contributed by atoms with Crippen LogP contribution in [0.2, 0.25) is 0 Å². The van der Waals surface area contributed by atoms with Crippen molar-refractivity contribution in [3.8, 4) is 0 Å². The number of hydrogen-bond acceptors (Lipinski definition) is 4. The summed E-state index contributed by atoms with van der Waals surface area (Å²) in [6.45, 7) is 0.830. The van der Waals surface area contributed by atoms with Gasteiger partial charge in [0.05, 0.1) is 0 Å². The molecule has 0 aliphatic heterocycles. The van der Waals surface area contributed by atoms with Gasteiger partial charge in [0.15, 0.2) is 0 Å². The topological polar surface area (TPSA) is 64.3 Å². The van der Waals surface area contributed by atoms with E-state index in [0.29, 0.717) is 6.54 Å². The molecule has 1 rings (SSSR count). The molecule has 0 saturated carbocycles. The second kappa shape index (κ2) is 8.52. The van der Waals surface area contributed by atoms with Crippen LogP contribution in [-0.4, -0.2) is 32.2 Å². The van der Waals surface area contributed by atoms with E-state index in [4.69, 9.17) is 10.5 Å². The summed E-state index contributed by atoms with van der Waals surface area (Å²) in [4.78, 5) is 11.4. The summed E-state index contributed by atoms with van der Waals surface area (Å²) >= 11 is 1.66. The van der Waals surface area contributed by atoms with Crippen molar-refractivity contribution in [3.63, 3.8) is 0 Å². The molecule has 4 nitrogen and oxygen atoms in total. The predicted molar refractivity (Wildman–Crippen MR) is 68.1 cm³/mol. The molecule has 6 heteroatoms. The molecular formula is C10H17ClN2O2S. The molecular weight excluding hydrogens is 248 g/mol. The molecule has 1 heterocycles. The number of carbonyl (C=O) groups is 1. The van der Waals surface area contributed by atoms with Crippen LogP contribution in [0.3, 0.4) is 0 Å². The largest absolute Gasteiger partial charge is 0.370 e. The normalized spacial score (nSPS) is 11.6. The molecule has 1 atom stereocenters. The average molecular weight is 265 g/mol. The van der Waals surface area contributed by atoms with Crippen molar-refractivity contribution in [2.24, 2.45) is 5.73 Å². The van der Waals surface area contributed by atoms with Gasteiger partial charge in [-0.25, -0.2) is 0 Å². The van der Waals surface area contributed by atoms with E-state index in [2.05, 4.69) is 10.7 Å². The lowest BCUT2D eigenvalue weighted by atomic mass is 10.2. The van der Waals surface area contributed by atoms with Gasteiger partial charge in [0.25, 0.3) is 0 Å². The number of carbonyl (C=O) groups excluding carboxylic acids is 1. The molecule has 1 unspecified atom stereocenters. The first-order valence-electron chi connectivity index (χ1n) is 4.79. The molecule has 1 aromatic heterocycles. The Labute approximate surface area is 106 Å². The number of hydrogen-bond donors (Lipinski definition) is 2. The minimum absolute atomic E-state index is 0. The lowest BCUT2D eigenvalue weighted by Gasteiger charge is -2.12. The second-order valence-corrected chi connectivity index (χ2v) is 3.91. The summed E-state index contributed by atoms with van der Waals surface area (Å²) in [5.41, 5.74) is 6.60. The first-order valence-corrected chi connectivity index (χ1v) is 5.74. The van der Waals surface area contributed by atoms with Crippen LogP contribution < -0.4 is 11.1 Å². The third-order valence-corrected chi connectivity index (χ3v) is 2.82. The highest BCUT2D eigenvalue weighted by Gasteiger charge is 2.14. The second-order valence-electron chi connectivity index (χ2n) is 3.13. The Bertz CT molecular complexity index is 289. The summed E-state index contributed by atoms with van der Waals surface area (Å²) in [6, 6.07) is 2.05. The van der Waals surface area contributed by atoms with E-state index in [1.165, 1.54) is 12.7 Å². The van der Waals surface area contributed by atoms with Gasteiger partial charge >= 0.3 is 0 Å². The van der Waals surface area contributed by atoms with Crippen LogP contribution in [0.1, 0.15) is 5.56 Å². The summed E-state index contributed by atoms with van der Waals surface area (Å²) in [6.07, 6.45) is 0.309. The highest BCUT2D eigenvalue weighted by atomic mass is 35.5. The quantitative estimate of drug-likeness (QED) is 0.799. The Morgan fingerprint density at radius 1 is 1.69 bits per heavy atom. The third kappa shape index (κ3) is 4.94. The van der Waals surface area contributed by atoms with Gasteiger partial charge in [0.1, 0.15) is 6.10 Å². The van der Waals surface area contributed by atoms with Gasteiger partial charge in [-0.3, -0.25) is 4.79 Å². The van der Waals surface area contributed by atoms with Gasteiger partial charge in [0.2, 0.25) is 5.91 Å². The highest BCUT2D eigenvalue weighted by Crippen LogP contribution is 2.05. The molecule has 0 aliphatic rings. The summed E-state index contributed by atoms with van der Waals surface area (Å²) < 4.78 is 4.91. The molecule has 3 N–H and O–H groups in total. The van der Waals surface area contributed by atoms with Crippen molar-refractivity contribution in [2.75, 3.05) is 20.2 Å². The molecule has 0 fully saturated rings. The minimum atomic E-state index is -0.535. The number of rotatable bonds is 6. The molecule has 92 valence electrons.